The van der Waals surface area contributed by atoms with E-state index >= 15 is 0 Å². The van der Waals surface area contributed by atoms with Gasteiger partial charge in [0, 0.05) is 11.3 Å². The summed E-state index contributed by atoms with van der Waals surface area (Å²) in [5.74, 6) is 5.33. The molecule has 2 rings (SSSR count). The summed E-state index contributed by atoms with van der Waals surface area (Å²) in [6, 6.07) is 5.60. The summed E-state index contributed by atoms with van der Waals surface area (Å²) in [6.45, 7) is 3.74. The van der Waals surface area contributed by atoms with E-state index in [1.165, 1.54) is 0 Å². The van der Waals surface area contributed by atoms with Gasteiger partial charge >= 0.3 is 0 Å². The molecule has 4 heteroatoms. The molecule has 1 fully saturated rings. The number of carbonyl (C=O) groups is 1. The maximum Gasteiger partial charge on any atom is 0.253 e. The van der Waals surface area contributed by atoms with E-state index in [2.05, 4.69) is 17.2 Å². The summed E-state index contributed by atoms with van der Waals surface area (Å²) >= 11 is 0. The van der Waals surface area contributed by atoms with Crippen LogP contribution in [0.15, 0.2) is 18.2 Å². The Morgan fingerprint density at radius 2 is 2.25 bits per heavy atom. The Morgan fingerprint density at radius 1 is 1.45 bits per heavy atom. The molecule has 1 aromatic carbocycles. The van der Waals surface area contributed by atoms with Gasteiger partial charge < -0.3 is 15.2 Å². The zero-order chi connectivity index (χ0) is 14.5. The topological polar surface area (TPSA) is 58.6 Å². The average Bonchev–Trinajstić information content (AvgIpc) is 2.82. The summed E-state index contributed by atoms with van der Waals surface area (Å²) < 4.78 is 5.55. The van der Waals surface area contributed by atoms with Crippen LogP contribution in [0.2, 0.25) is 0 Å². The highest BCUT2D eigenvalue weighted by molar-refractivity contribution is 5.94. The maximum atomic E-state index is 12.1. The van der Waals surface area contributed by atoms with Crippen LogP contribution in [0.5, 0.6) is 0 Å². The van der Waals surface area contributed by atoms with E-state index in [1.54, 1.807) is 6.07 Å². The summed E-state index contributed by atoms with van der Waals surface area (Å²) in [4.78, 5) is 12.1. The number of ether oxygens (including phenoxy) is 1. The number of aliphatic hydroxyl groups is 1. The number of aryl methyl sites for hydroxylation is 1. The van der Waals surface area contributed by atoms with Gasteiger partial charge in [0.1, 0.15) is 12.7 Å². The first-order chi connectivity index (χ1) is 9.58. The van der Waals surface area contributed by atoms with Gasteiger partial charge in [-0.25, -0.2) is 0 Å². The van der Waals surface area contributed by atoms with Crippen LogP contribution in [0.4, 0.5) is 5.69 Å². The zero-order valence-corrected chi connectivity index (χ0v) is 11.8. The van der Waals surface area contributed by atoms with Gasteiger partial charge in [0.15, 0.2) is 0 Å². The molecule has 1 saturated heterocycles. The number of benzene rings is 1. The Kier molecular flexibility index (Phi) is 4.78. The Hall–Kier alpha value is -1.83. The van der Waals surface area contributed by atoms with Gasteiger partial charge in [-0.15, -0.1) is 0 Å². The normalized spacial score (nSPS) is 21.1. The summed E-state index contributed by atoms with van der Waals surface area (Å²) in [5.41, 5.74) is 2.49. The lowest BCUT2D eigenvalue weighted by Gasteiger charge is -2.12. The number of aliphatic hydroxyl groups excluding tert-OH is 1. The number of nitrogens with one attached hydrogen (secondary N) is 1. The number of rotatable bonds is 2. The Balaban J connectivity index is 2.08. The van der Waals surface area contributed by atoms with Crippen LogP contribution < -0.4 is 5.32 Å². The highest BCUT2D eigenvalue weighted by Gasteiger charge is 2.28. The predicted octanol–water partition coefficient (Wildman–Crippen LogP) is 1.84. The quantitative estimate of drug-likeness (QED) is 0.808. The fourth-order valence-corrected chi connectivity index (χ4v) is 2.29. The van der Waals surface area contributed by atoms with Crippen molar-refractivity contribution in [1.29, 1.82) is 0 Å². The summed E-state index contributed by atoms with van der Waals surface area (Å²) in [7, 11) is 0. The van der Waals surface area contributed by atoms with Gasteiger partial charge in [0.25, 0.3) is 5.91 Å². The van der Waals surface area contributed by atoms with Crippen molar-refractivity contribution in [2.75, 3.05) is 11.9 Å². The molecule has 0 aliphatic carbocycles. The minimum atomic E-state index is -0.363. The molecule has 0 saturated carbocycles. The maximum absolute atomic E-state index is 12.1. The SMILES string of the molecule is Cc1cc(C#CCO)cc(NC(=O)C2CCC(C)O2)c1. The van der Waals surface area contributed by atoms with Crippen molar-refractivity contribution < 1.29 is 14.6 Å². The zero-order valence-electron chi connectivity index (χ0n) is 11.8. The van der Waals surface area contributed by atoms with Crippen LogP contribution in [0.1, 0.15) is 30.9 Å². The van der Waals surface area contributed by atoms with Crippen LogP contribution >= 0.6 is 0 Å². The summed E-state index contributed by atoms with van der Waals surface area (Å²) in [6.07, 6.45) is 1.46. The van der Waals surface area contributed by atoms with Crippen molar-refractivity contribution >= 4 is 11.6 Å². The minimum Gasteiger partial charge on any atom is -0.384 e. The molecule has 2 unspecified atom stereocenters. The van der Waals surface area contributed by atoms with Crippen molar-refractivity contribution in [1.82, 2.24) is 0 Å². The first-order valence-electron chi connectivity index (χ1n) is 6.76. The van der Waals surface area contributed by atoms with Crippen molar-refractivity contribution in [2.24, 2.45) is 0 Å². The fourth-order valence-electron chi connectivity index (χ4n) is 2.29. The van der Waals surface area contributed by atoms with Gasteiger partial charge in [-0.3, -0.25) is 4.79 Å². The molecule has 20 heavy (non-hydrogen) atoms. The molecule has 2 atom stereocenters. The lowest BCUT2D eigenvalue weighted by Crippen LogP contribution is -2.27. The number of carbonyl (C=O) groups excluding carboxylic acids is 1. The largest absolute Gasteiger partial charge is 0.384 e. The molecule has 0 bridgehead atoms. The lowest BCUT2D eigenvalue weighted by atomic mass is 10.1. The molecule has 0 radical (unpaired) electrons. The molecular weight excluding hydrogens is 254 g/mol. The first-order valence-corrected chi connectivity index (χ1v) is 6.76. The van der Waals surface area contributed by atoms with Crippen LogP contribution in [0.25, 0.3) is 0 Å². The van der Waals surface area contributed by atoms with Gasteiger partial charge in [0.05, 0.1) is 6.10 Å². The van der Waals surface area contributed by atoms with Crippen LogP contribution in [-0.2, 0) is 9.53 Å². The fraction of sp³-hybridized carbons (Fsp3) is 0.438. The minimum absolute atomic E-state index is 0.110. The van der Waals surface area contributed by atoms with Crippen LogP contribution in [-0.4, -0.2) is 29.8 Å². The molecule has 2 N–H and O–H groups in total. The van der Waals surface area contributed by atoms with Crippen molar-refractivity contribution in [3.63, 3.8) is 0 Å². The smallest absolute Gasteiger partial charge is 0.253 e. The van der Waals surface area contributed by atoms with Crippen LogP contribution in [0, 0.1) is 18.8 Å². The van der Waals surface area contributed by atoms with E-state index in [9.17, 15) is 4.79 Å². The van der Waals surface area contributed by atoms with Crippen molar-refractivity contribution in [2.45, 2.75) is 38.9 Å². The van der Waals surface area contributed by atoms with E-state index in [0.29, 0.717) is 5.69 Å². The summed E-state index contributed by atoms with van der Waals surface area (Å²) in [5, 5.41) is 11.6. The average molecular weight is 273 g/mol. The Bertz CT molecular complexity index is 557. The predicted molar refractivity (Wildman–Crippen MR) is 77.3 cm³/mol. The molecule has 1 aliphatic rings. The second-order valence-corrected chi connectivity index (χ2v) is 5.05. The molecule has 1 aromatic rings. The lowest BCUT2D eigenvalue weighted by molar-refractivity contribution is -0.126. The van der Waals surface area contributed by atoms with E-state index in [4.69, 9.17) is 9.84 Å². The molecule has 4 nitrogen and oxygen atoms in total. The number of hydrogen-bond acceptors (Lipinski definition) is 3. The number of hydrogen-bond donors (Lipinski definition) is 2. The van der Waals surface area contributed by atoms with Gasteiger partial charge in [-0.2, -0.15) is 0 Å². The highest BCUT2D eigenvalue weighted by Crippen LogP contribution is 2.21. The van der Waals surface area contributed by atoms with Gasteiger partial charge in [-0.1, -0.05) is 11.8 Å². The monoisotopic (exact) mass is 273 g/mol. The van der Waals surface area contributed by atoms with E-state index in [-0.39, 0.29) is 24.7 Å². The molecule has 0 aromatic heterocycles. The molecule has 0 spiro atoms. The van der Waals surface area contributed by atoms with Crippen molar-refractivity contribution in [3.05, 3.63) is 29.3 Å². The molecule has 1 heterocycles. The third-order valence-electron chi connectivity index (χ3n) is 3.18. The number of anilines is 1. The van der Waals surface area contributed by atoms with E-state index < -0.39 is 0 Å². The third kappa shape index (κ3) is 3.83. The Morgan fingerprint density at radius 3 is 2.90 bits per heavy atom. The highest BCUT2D eigenvalue weighted by atomic mass is 16.5. The second kappa shape index (κ2) is 6.56. The first kappa shape index (κ1) is 14.6. The van der Waals surface area contributed by atoms with E-state index in [0.717, 1.165) is 24.0 Å². The van der Waals surface area contributed by atoms with Crippen LogP contribution in [0.3, 0.4) is 0 Å². The molecule has 1 aliphatic heterocycles. The number of amides is 1. The third-order valence-corrected chi connectivity index (χ3v) is 3.18. The molecular formula is C16H19NO3. The molecule has 106 valence electrons. The molecule has 1 amide bonds. The van der Waals surface area contributed by atoms with Gasteiger partial charge in [0.2, 0.25) is 0 Å². The second-order valence-electron chi connectivity index (χ2n) is 5.05. The Labute approximate surface area is 119 Å². The standard InChI is InChI=1S/C16H19NO3/c1-11-8-13(4-3-7-18)10-14(9-11)17-16(19)15-6-5-12(2)20-15/h8-10,12,15,18H,5-7H2,1-2H3,(H,17,19). The van der Waals surface area contributed by atoms with E-state index in [1.807, 2.05) is 26.0 Å². The van der Waals surface area contributed by atoms with Crippen molar-refractivity contribution in [3.8, 4) is 11.8 Å². The van der Waals surface area contributed by atoms with Gasteiger partial charge in [-0.05, 0) is 50.5 Å².